The topological polar surface area (TPSA) is 64.6 Å². The molecular formula is C27H28FNO4. The van der Waals surface area contributed by atoms with E-state index >= 15 is 0 Å². The van der Waals surface area contributed by atoms with Gasteiger partial charge in [-0.2, -0.15) is 0 Å². The molecule has 0 unspecified atom stereocenters. The zero-order chi connectivity index (χ0) is 23.7. The summed E-state index contributed by atoms with van der Waals surface area (Å²) < 4.78 is 26.0. The van der Waals surface area contributed by atoms with E-state index in [1.165, 1.54) is 6.07 Å². The molecule has 2 aromatic carbocycles. The molecule has 0 radical (unpaired) electrons. The number of Topliss-reactive ketones (excluding diaryl/α,β-unsaturated/α-hetero) is 1. The molecule has 0 spiro atoms. The lowest BCUT2D eigenvalue weighted by Crippen LogP contribution is -2.36. The number of hydrogen-bond donors (Lipinski definition) is 1. The van der Waals surface area contributed by atoms with Crippen LogP contribution in [0.4, 0.5) is 4.39 Å². The first kappa shape index (κ1) is 22.8. The lowest BCUT2D eigenvalue weighted by atomic mass is 9.71. The monoisotopic (exact) mass is 449 g/mol. The van der Waals surface area contributed by atoms with Crippen molar-refractivity contribution in [2.24, 2.45) is 0 Å². The van der Waals surface area contributed by atoms with E-state index in [1.54, 1.807) is 46.1 Å². The lowest BCUT2D eigenvalue weighted by molar-refractivity contribution is -0.143. The van der Waals surface area contributed by atoms with E-state index in [4.69, 9.17) is 9.47 Å². The zero-order valence-corrected chi connectivity index (χ0v) is 19.3. The lowest BCUT2D eigenvalue weighted by Gasteiger charge is -2.37. The van der Waals surface area contributed by atoms with E-state index < -0.39 is 17.7 Å². The fourth-order valence-electron chi connectivity index (χ4n) is 4.83. The maximum atomic E-state index is 15.0. The van der Waals surface area contributed by atoms with Gasteiger partial charge in [-0.15, -0.1) is 0 Å². The highest BCUT2D eigenvalue weighted by atomic mass is 19.1. The summed E-state index contributed by atoms with van der Waals surface area (Å²) in [6.45, 7) is 5.29. The first-order valence-electron chi connectivity index (χ1n) is 11.1. The van der Waals surface area contributed by atoms with Crippen molar-refractivity contribution in [2.75, 3.05) is 7.11 Å². The number of esters is 1. The van der Waals surface area contributed by atoms with Crippen molar-refractivity contribution in [3.63, 3.8) is 0 Å². The van der Waals surface area contributed by atoms with Gasteiger partial charge in [0, 0.05) is 34.9 Å². The van der Waals surface area contributed by atoms with E-state index in [0.29, 0.717) is 29.0 Å². The molecular weight excluding hydrogens is 421 g/mol. The number of ketones is 1. The van der Waals surface area contributed by atoms with Crippen molar-refractivity contribution in [3.8, 4) is 5.75 Å². The Morgan fingerprint density at radius 3 is 2.39 bits per heavy atom. The standard InChI is InChI=1S/C27H28FNO4/c1-15(2)33-27(31)24-16(3)29-21-13-17(18-9-6-8-12-23(18)32-4)14-22(30)26(21)25(24)19-10-5-7-11-20(19)28/h5-12,15,17,25,29H,13-14H2,1-4H3/t17-,25+/m0/s1. The molecule has 0 saturated heterocycles. The summed E-state index contributed by atoms with van der Waals surface area (Å²) in [6, 6.07) is 14.0. The van der Waals surface area contributed by atoms with E-state index in [-0.39, 0.29) is 29.8 Å². The number of methoxy groups -OCH3 is 1. The highest BCUT2D eigenvalue weighted by Crippen LogP contribution is 2.47. The summed E-state index contributed by atoms with van der Waals surface area (Å²) in [5.41, 5.74) is 3.25. The quantitative estimate of drug-likeness (QED) is 0.640. The van der Waals surface area contributed by atoms with Gasteiger partial charge < -0.3 is 14.8 Å². The third kappa shape index (κ3) is 4.30. The molecule has 172 valence electrons. The van der Waals surface area contributed by atoms with Crippen molar-refractivity contribution in [1.29, 1.82) is 0 Å². The molecule has 2 aromatic rings. The highest BCUT2D eigenvalue weighted by Gasteiger charge is 2.42. The number of dihydropyridines is 1. The number of halogens is 1. The van der Waals surface area contributed by atoms with Crippen molar-refractivity contribution in [2.45, 2.75) is 51.6 Å². The number of rotatable bonds is 5. The Bertz CT molecular complexity index is 1160. The number of carbonyl (C=O) groups excluding carboxylic acids is 2. The van der Waals surface area contributed by atoms with Crippen molar-refractivity contribution < 1.29 is 23.5 Å². The Morgan fingerprint density at radius 2 is 1.73 bits per heavy atom. The molecule has 0 amide bonds. The summed E-state index contributed by atoms with van der Waals surface area (Å²) in [5.74, 6) is -1.30. The molecule has 0 fully saturated rings. The molecule has 2 aliphatic rings. The second-order valence-corrected chi connectivity index (χ2v) is 8.73. The van der Waals surface area contributed by atoms with Crippen LogP contribution in [-0.4, -0.2) is 25.0 Å². The van der Waals surface area contributed by atoms with Crippen LogP contribution in [0.25, 0.3) is 0 Å². The molecule has 2 atom stereocenters. The summed E-state index contributed by atoms with van der Waals surface area (Å²) in [5, 5.41) is 3.28. The SMILES string of the molecule is COc1ccccc1[C@@H]1CC(=O)C2=C(C1)NC(C)=C(C(=O)OC(C)C)[C@H]2c1ccccc1F. The average Bonchev–Trinajstić information content (AvgIpc) is 2.77. The molecule has 33 heavy (non-hydrogen) atoms. The molecule has 1 aliphatic heterocycles. The Labute approximate surface area is 193 Å². The van der Waals surface area contributed by atoms with Crippen molar-refractivity contribution in [3.05, 3.63) is 88.0 Å². The molecule has 1 aliphatic carbocycles. The van der Waals surface area contributed by atoms with Crippen LogP contribution in [0, 0.1) is 5.82 Å². The van der Waals surface area contributed by atoms with Crippen LogP contribution >= 0.6 is 0 Å². The predicted molar refractivity (Wildman–Crippen MR) is 123 cm³/mol. The van der Waals surface area contributed by atoms with Crippen LogP contribution in [0.3, 0.4) is 0 Å². The molecule has 0 aromatic heterocycles. The van der Waals surface area contributed by atoms with E-state index in [0.717, 1.165) is 11.3 Å². The van der Waals surface area contributed by atoms with Crippen LogP contribution in [0.5, 0.6) is 5.75 Å². The molecule has 1 N–H and O–H groups in total. The minimum absolute atomic E-state index is 0.0851. The van der Waals surface area contributed by atoms with Gasteiger partial charge in [-0.25, -0.2) is 9.18 Å². The fraction of sp³-hybridized carbons (Fsp3) is 0.333. The Balaban J connectivity index is 1.82. The van der Waals surface area contributed by atoms with Gasteiger partial charge in [0.15, 0.2) is 5.78 Å². The first-order valence-corrected chi connectivity index (χ1v) is 11.1. The van der Waals surface area contributed by atoms with E-state index in [1.807, 2.05) is 24.3 Å². The predicted octanol–water partition coefficient (Wildman–Crippen LogP) is 5.15. The van der Waals surface area contributed by atoms with E-state index in [2.05, 4.69) is 5.32 Å². The van der Waals surface area contributed by atoms with Crippen LogP contribution in [0.15, 0.2) is 71.1 Å². The number of allylic oxidation sites excluding steroid dienone is 3. The van der Waals surface area contributed by atoms with Crippen molar-refractivity contribution >= 4 is 11.8 Å². The molecule has 4 rings (SSSR count). The minimum atomic E-state index is -0.820. The highest BCUT2D eigenvalue weighted by molar-refractivity contribution is 6.04. The van der Waals surface area contributed by atoms with Gasteiger partial charge in [0.05, 0.1) is 24.7 Å². The second kappa shape index (κ2) is 9.22. The molecule has 5 nitrogen and oxygen atoms in total. The second-order valence-electron chi connectivity index (χ2n) is 8.73. The number of carbonyl (C=O) groups is 2. The molecule has 0 bridgehead atoms. The van der Waals surface area contributed by atoms with Gasteiger partial charge in [-0.1, -0.05) is 36.4 Å². The van der Waals surface area contributed by atoms with Crippen LogP contribution in [0.1, 0.15) is 56.6 Å². The smallest absolute Gasteiger partial charge is 0.337 e. The largest absolute Gasteiger partial charge is 0.496 e. The normalized spacial score (nSPS) is 20.5. The maximum absolute atomic E-state index is 15.0. The van der Waals surface area contributed by atoms with Gasteiger partial charge in [-0.3, -0.25) is 4.79 Å². The van der Waals surface area contributed by atoms with Crippen LogP contribution in [0.2, 0.25) is 0 Å². The Hall–Kier alpha value is -3.41. The van der Waals surface area contributed by atoms with Gasteiger partial charge in [0.1, 0.15) is 11.6 Å². The van der Waals surface area contributed by atoms with Crippen LogP contribution in [-0.2, 0) is 14.3 Å². The van der Waals surface area contributed by atoms with Crippen LogP contribution < -0.4 is 10.1 Å². The first-order chi connectivity index (χ1) is 15.8. The Kier molecular flexibility index (Phi) is 6.36. The summed E-state index contributed by atoms with van der Waals surface area (Å²) in [4.78, 5) is 26.6. The zero-order valence-electron chi connectivity index (χ0n) is 19.3. The van der Waals surface area contributed by atoms with Gasteiger partial charge in [-0.05, 0) is 44.9 Å². The average molecular weight is 450 g/mol. The summed E-state index contributed by atoms with van der Waals surface area (Å²) in [6.07, 6.45) is 0.458. The maximum Gasteiger partial charge on any atom is 0.337 e. The number of benzene rings is 2. The molecule has 1 heterocycles. The fourth-order valence-corrected chi connectivity index (χ4v) is 4.83. The summed E-state index contributed by atoms with van der Waals surface area (Å²) in [7, 11) is 1.61. The van der Waals surface area contributed by atoms with Gasteiger partial charge in [0.2, 0.25) is 0 Å². The Morgan fingerprint density at radius 1 is 1.06 bits per heavy atom. The summed E-state index contributed by atoms with van der Waals surface area (Å²) >= 11 is 0. The third-order valence-electron chi connectivity index (χ3n) is 6.19. The number of ether oxygens (including phenoxy) is 2. The number of nitrogens with one attached hydrogen (secondary N) is 1. The molecule has 0 saturated carbocycles. The van der Waals surface area contributed by atoms with Gasteiger partial charge in [0.25, 0.3) is 0 Å². The molecule has 6 heteroatoms. The van der Waals surface area contributed by atoms with E-state index in [9.17, 15) is 14.0 Å². The number of hydrogen-bond acceptors (Lipinski definition) is 5. The van der Waals surface area contributed by atoms with Crippen molar-refractivity contribution in [1.82, 2.24) is 5.32 Å². The minimum Gasteiger partial charge on any atom is -0.496 e. The van der Waals surface area contributed by atoms with Gasteiger partial charge >= 0.3 is 5.97 Å². The number of para-hydroxylation sites is 1. The third-order valence-corrected chi connectivity index (χ3v) is 6.19.